The average Bonchev–Trinajstić information content (AvgIpc) is 2.72. The van der Waals surface area contributed by atoms with Crippen LogP contribution in [0.3, 0.4) is 0 Å². The molecule has 0 unspecified atom stereocenters. The number of amides is 1. The molecule has 0 aliphatic heterocycles. The largest absolute Gasteiger partial charge is 0.490 e. The van der Waals surface area contributed by atoms with Crippen molar-refractivity contribution in [1.82, 2.24) is 5.32 Å². The van der Waals surface area contributed by atoms with Gasteiger partial charge in [0.25, 0.3) is 5.91 Å². The molecule has 1 amide bonds. The molecule has 0 saturated carbocycles. The van der Waals surface area contributed by atoms with Gasteiger partial charge in [-0.1, -0.05) is 0 Å². The molecule has 0 atom stereocenters. The molecule has 168 valence electrons. The van der Waals surface area contributed by atoms with E-state index in [1.54, 1.807) is 6.92 Å². The molecule has 0 radical (unpaired) electrons. The molecule has 0 saturated heterocycles. The number of ether oxygens (including phenoxy) is 5. The fourth-order valence-electron chi connectivity index (χ4n) is 2.47. The standard InChI is InChI=1S/C21H31NO8/c1-5-26-16-12-15(13-17(27-6-2)20(16)29-8-4)21(25)30-14-18(23)22-11-9-10-19(24)28-7-3/h12-13H,5-11,14H2,1-4H3,(H,22,23). The lowest BCUT2D eigenvalue weighted by molar-refractivity contribution is -0.143. The van der Waals surface area contributed by atoms with Crippen molar-refractivity contribution < 1.29 is 38.1 Å². The third-order valence-electron chi connectivity index (χ3n) is 3.66. The van der Waals surface area contributed by atoms with Crippen molar-refractivity contribution in [1.29, 1.82) is 0 Å². The number of carbonyl (C=O) groups is 3. The van der Waals surface area contributed by atoms with E-state index in [1.165, 1.54) is 12.1 Å². The molecule has 0 spiro atoms. The number of benzene rings is 1. The van der Waals surface area contributed by atoms with Crippen molar-refractivity contribution in [3.05, 3.63) is 17.7 Å². The van der Waals surface area contributed by atoms with Crippen molar-refractivity contribution >= 4 is 17.8 Å². The highest BCUT2D eigenvalue weighted by Crippen LogP contribution is 2.39. The Bertz CT molecular complexity index is 677. The Balaban J connectivity index is 2.67. The zero-order valence-corrected chi connectivity index (χ0v) is 18.1. The van der Waals surface area contributed by atoms with Gasteiger partial charge in [0, 0.05) is 13.0 Å². The van der Waals surface area contributed by atoms with Crippen LogP contribution in [0.2, 0.25) is 0 Å². The molecule has 1 rings (SSSR count). The van der Waals surface area contributed by atoms with Crippen LogP contribution in [-0.2, 0) is 19.1 Å². The van der Waals surface area contributed by atoms with Gasteiger partial charge in [0.1, 0.15) is 0 Å². The number of nitrogens with one attached hydrogen (secondary N) is 1. The molecule has 30 heavy (non-hydrogen) atoms. The Kier molecular flexibility index (Phi) is 11.8. The minimum atomic E-state index is -0.693. The van der Waals surface area contributed by atoms with E-state index in [2.05, 4.69) is 5.32 Å². The Morgan fingerprint density at radius 3 is 1.97 bits per heavy atom. The molecule has 0 heterocycles. The zero-order chi connectivity index (χ0) is 22.4. The minimum absolute atomic E-state index is 0.181. The van der Waals surface area contributed by atoms with Gasteiger partial charge in [-0.2, -0.15) is 0 Å². The molecule has 0 aliphatic carbocycles. The zero-order valence-electron chi connectivity index (χ0n) is 18.1. The van der Waals surface area contributed by atoms with Gasteiger partial charge in [0.2, 0.25) is 5.75 Å². The molecular weight excluding hydrogens is 394 g/mol. The topological polar surface area (TPSA) is 109 Å². The summed E-state index contributed by atoms with van der Waals surface area (Å²) in [6, 6.07) is 2.99. The van der Waals surface area contributed by atoms with Crippen LogP contribution in [0.4, 0.5) is 0 Å². The van der Waals surface area contributed by atoms with Crippen molar-refractivity contribution in [2.75, 3.05) is 39.6 Å². The van der Waals surface area contributed by atoms with Crippen molar-refractivity contribution in [2.45, 2.75) is 40.5 Å². The molecule has 0 fully saturated rings. The molecule has 9 heteroatoms. The first-order valence-electron chi connectivity index (χ1n) is 10.1. The summed E-state index contributed by atoms with van der Waals surface area (Å²) in [5.74, 6) is -0.336. The van der Waals surface area contributed by atoms with E-state index in [4.69, 9.17) is 23.7 Å². The summed E-state index contributed by atoms with van der Waals surface area (Å²) in [4.78, 5) is 35.5. The number of esters is 2. The van der Waals surface area contributed by atoms with E-state index in [1.807, 2.05) is 20.8 Å². The summed E-state index contributed by atoms with van der Waals surface area (Å²) in [6.07, 6.45) is 0.646. The molecular formula is C21H31NO8. The third kappa shape index (κ3) is 8.59. The predicted molar refractivity (Wildman–Crippen MR) is 109 cm³/mol. The number of hydrogen-bond acceptors (Lipinski definition) is 8. The summed E-state index contributed by atoms with van der Waals surface area (Å²) in [6.45, 7) is 8.49. The van der Waals surface area contributed by atoms with E-state index < -0.39 is 18.5 Å². The highest BCUT2D eigenvalue weighted by Gasteiger charge is 2.19. The fraction of sp³-hybridized carbons (Fsp3) is 0.571. The van der Waals surface area contributed by atoms with E-state index >= 15 is 0 Å². The van der Waals surface area contributed by atoms with Crippen LogP contribution >= 0.6 is 0 Å². The lowest BCUT2D eigenvalue weighted by Crippen LogP contribution is -2.30. The van der Waals surface area contributed by atoms with Crippen molar-refractivity contribution in [2.24, 2.45) is 0 Å². The number of hydrogen-bond donors (Lipinski definition) is 1. The van der Waals surface area contributed by atoms with E-state index in [0.717, 1.165) is 0 Å². The number of carbonyl (C=O) groups excluding carboxylic acids is 3. The van der Waals surface area contributed by atoms with Crippen LogP contribution in [-0.4, -0.2) is 57.4 Å². The number of rotatable bonds is 14. The summed E-state index contributed by atoms with van der Waals surface area (Å²) in [5, 5.41) is 2.58. The Morgan fingerprint density at radius 2 is 1.43 bits per heavy atom. The van der Waals surface area contributed by atoms with E-state index in [0.29, 0.717) is 50.1 Å². The second kappa shape index (κ2) is 14.1. The molecule has 0 aromatic heterocycles. The van der Waals surface area contributed by atoms with Crippen molar-refractivity contribution in [3.8, 4) is 17.2 Å². The maximum absolute atomic E-state index is 12.4. The van der Waals surface area contributed by atoms with Crippen molar-refractivity contribution in [3.63, 3.8) is 0 Å². The second-order valence-electron chi connectivity index (χ2n) is 5.94. The Morgan fingerprint density at radius 1 is 0.833 bits per heavy atom. The monoisotopic (exact) mass is 425 g/mol. The average molecular weight is 425 g/mol. The van der Waals surface area contributed by atoms with Crippen LogP contribution in [0.15, 0.2) is 12.1 Å². The second-order valence-corrected chi connectivity index (χ2v) is 5.94. The van der Waals surface area contributed by atoms with Crippen LogP contribution in [0.1, 0.15) is 50.9 Å². The smallest absolute Gasteiger partial charge is 0.338 e. The van der Waals surface area contributed by atoms with Gasteiger partial charge < -0.3 is 29.0 Å². The van der Waals surface area contributed by atoms with Crippen LogP contribution in [0.5, 0.6) is 17.2 Å². The lowest BCUT2D eigenvalue weighted by Gasteiger charge is -2.16. The summed E-state index contributed by atoms with van der Waals surface area (Å²) in [7, 11) is 0. The fourth-order valence-corrected chi connectivity index (χ4v) is 2.47. The van der Waals surface area contributed by atoms with Gasteiger partial charge in [0.05, 0.1) is 32.0 Å². The Hall–Kier alpha value is -2.97. The molecule has 0 aliphatic rings. The third-order valence-corrected chi connectivity index (χ3v) is 3.66. The molecule has 1 aromatic carbocycles. The quantitative estimate of drug-likeness (QED) is 0.358. The Labute approximate surface area is 177 Å². The maximum atomic E-state index is 12.4. The highest BCUT2D eigenvalue weighted by molar-refractivity contribution is 5.92. The highest BCUT2D eigenvalue weighted by atomic mass is 16.5. The first kappa shape index (κ1) is 25.1. The lowest BCUT2D eigenvalue weighted by atomic mass is 10.2. The van der Waals surface area contributed by atoms with E-state index in [-0.39, 0.29) is 24.5 Å². The first-order valence-corrected chi connectivity index (χ1v) is 10.1. The minimum Gasteiger partial charge on any atom is -0.490 e. The first-order chi connectivity index (χ1) is 14.5. The van der Waals surface area contributed by atoms with Crippen LogP contribution < -0.4 is 19.5 Å². The maximum Gasteiger partial charge on any atom is 0.338 e. The van der Waals surface area contributed by atoms with Gasteiger partial charge in [-0.15, -0.1) is 0 Å². The normalized spacial score (nSPS) is 10.1. The SMILES string of the molecule is CCOC(=O)CCCNC(=O)COC(=O)c1cc(OCC)c(OCC)c(OCC)c1. The molecule has 1 aromatic rings. The summed E-state index contributed by atoms with van der Waals surface area (Å²) >= 11 is 0. The van der Waals surface area contributed by atoms with E-state index in [9.17, 15) is 14.4 Å². The van der Waals surface area contributed by atoms with Gasteiger partial charge in [-0.25, -0.2) is 4.79 Å². The van der Waals surface area contributed by atoms with Crippen LogP contribution in [0.25, 0.3) is 0 Å². The van der Waals surface area contributed by atoms with Gasteiger partial charge in [0.15, 0.2) is 18.1 Å². The van der Waals surface area contributed by atoms with Gasteiger partial charge in [-0.3, -0.25) is 9.59 Å². The predicted octanol–water partition coefficient (Wildman–Crippen LogP) is 2.50. The molecule has 0 bridgehead atoms. The van der Waals surface area contributed by atoms with Gasteiger partial charge in [-0.05, 0) is 46.2 Å². The van der Waals surface area contributed by atoms with Gasteiger partial charge >= 0.3 is 11.9 Å². The molecule has 1 N–H and O–H groups in total. The molecule has 9 nitrogen and oxygen atoms in total. The summed E-state index contributed by atoms with van der Waals surface area (Å²) in [5.41, 5.74) is 0.181. The van der Waals surface area contributed by atoms with Crippen LogP contribution in [0, 0.1) is 0 Å². The summed E-state index contributed by atoms with van der Waals surface area (Å²) < 4.78 is 26.6.